The number of para-hydroxylation sites is 1. The lowest BCUT2D eigenvalue weighted by Gasteiger charge is -2.32. The molecule has 2 aromatic carbocycles. The van der Waals surface area contributed by atoms with Crippen molar-refractivity contribution in [3.05, 3.63) is 60.2 Å². The molecule has 2 aliphatic heterocycles. The number of morpholine rings is 1. The van der Waals surface area contributed by atoms with E-state index in [9.17, 15) is 18.0 Å². The van der Waals surface area contributed by atoms with Gasteiger partial charge in [0.05, 0.1) is 23.7 Å². The van der Waals surface area contributed by atoms with Crippen LogP contribution < -0.4 is 10.6 Å². The van der Waals surface area contributed by atoms with Gasteiger partial charge in [0.2, 0.25) is 10.0 Å². The van der Waals surface area contributed by atoms with Gasteiger partial charge in [-0.1, -0.05) is 30.3 Å². The summed E-state index contributed by atoms with van der Waals surface area (Å²) in [5, 5.41) is 5.82. The monoisotopic (exact) mass is 472 g/mol. The quantitative estimate of drug-likeness (QED) is 0.693. The Hall–Kier alpha value is -2.95. The summed E-state index contributed by atoms with van der Waals surface area (Å²) in [7, 11) is -3.80. The largest absolute Gasteiger partial charge is 0.379 e. The zero-order chi connectivity index (χ0) is 23.3. The molecule has 4 rings (SSSR count). The van der Waals surface area contributed by atoms with E-state index in [0.717, 1.165) is 5.69 Å². The Morgan fingerprint density at radius 1 is 0.879 bits per heavy atom. The fourth-order valence-electron chi connectivity index (χ4n) is 4.02. The van der Waals surface area contributed by atoms with Crippen molar-refractivity contribution in [3.63, 3.8) is 0 Å². The zero-order valence-electron chi connectivity index (χ0n) is 18.3. The fourth-order valence-corrected chi connectivity index (χ4v) is 5.62. The van der Waals surface area contributed by atoms with Gasteiger partial charge < -0.3 is 20.3 Å². The number of urea groups is 1. The molecular weight excluding hydrogens is 444 g/mol. The summed E-state index contributed by atoms with van der Waals surface area (Å²) in [6, 6.07) is 15.2. The number of anilines is 1. The van der Waals surface area contributed by atoms with Crippen molar-refractivity contribution in [1.29, 1.82) is 0 Å². The number of hydrogen-bond acceptors (Lipinski definition) is 5. The molecule has 0 aromatic heterocycles. The van der Waals surface area contributed by atoms with Crippen molar-refractivity contribution in [2.75, 3.05) is 44.7 Å². The molecule has 0 spiro atoms. The van der Waals surface area contributed by atoms with Gasteiger partial charge in [-0.2, -0.15) is 4.31 Å². The van der Waals surface area contributed by atoms with Gasteiger partial charge in [-0.15, -0.1) is 0 Å². The van der Waals surface area contributed by atoms with Crippen LogP contribution in [0, 0.1) is 0 Å². The fraction of sp³-hybridized carbons (Fsp3) is 0.391. The van der Waals surface area contributed by atoms with E-state index in [-0.39, 0.29) is 35.6 Å². The van der Waals surface area contributed by atoms with Crippen LogP contribution in [0.1, 0.15) is 23.2 Å². The van der Waals surface area contributed by atoms with Gasteiger partial charge in [-0.25, -0.2) is 13.2 Å². The van der Waals surface area contributed by atoms with Crippen LogP contribution in [0.4, 0.5) is 10.5 Å². The first-order valence-corrected chi connectivity index (χ1v) is 12.5. The van der Waals surface area contributed by atoms with Gasteiger partial charge in [-0.3, -0.25) is 4.79 Å². The van der Waals surface area contributed by atoms with Gasteiger partial charge in [0.25, 0.3) is 5.91 Å². The minimum absolute atomic E-state index is 0.00377. The molecule has 9 nitrogen and oxygen atoms in total. The molecule has 2 N–H and O–H groups in total. The van der Waals surface area contributed by atoms with Crippen molar-refractivity contribution < 1.29 is 22.7 Å². The van der Waals surface area contributed by atoms with Crippen LogP contribution >= 0.6 is 0 Å². The summed E-state index contributed by atoms with van der Waals surface area (Å²) in [5.74, 6) is -0.422. The molecule has 2 saturated heterocycles. The molecule has 33 heavy (non-hydrogen) atoms. The molecule has 2 fully saturated rings. The molecule has 2 heterocycles. The summed E-state index contributed by atoms with van der Waals surface area (Å²) < 4.78 is 32.8. The van der Waals surface area contributed by atoms with Gasteiger partial charge in [0.15, 0.2) is 0 Å². The highest BCUT2D eigenvalue weighted by Gasteiger charge is 2.31. The van der Waals surface area contributed by atoms with Gasteiger partial charge in [-0.05, 0) is 37.1 Å². The first kappa shape index (κ1) is 23.2. The number of ether oxygens (including phenoxy) is 1. The van der Waals surface area contributed by atoms with E-state index in [2.05, 4.69) is 10.6 Å². The topological polar surface area (TPSA) is 108 Å². The Morgan fingerprint density at radius 2 is 1.52 bits per heavy atom. The lowest BCUT2D eigenvalue weighted by molar-refractivity contribution is 0.0729. The average molecular weight is 473 g/mol. The molecule has 0 atom stereocenters. The van der Waals surface area contributed by atoms with Crippen molar-refractivity contribution in [3.8, 4) is 0 Å². The molecule has 0 unspecified atom stereocenters. The molecule has 0 bridgehead atoms. The van der Waals surface area contributed by atoms with E-state index in [1.165, 1.54) is 16.4 Å². The maximum Gasteiger partial charge on any atom is 0.321 e. The predicted molar refractivity (Wildman–Crippen MR) is 124 cm³/mol. The van der Waals surface area contributed by atoms with Gasteiger partial charge >= 0.3 is 6.03 Å². The molecule has 2 aromatic rings. The Balaban J connectivity index is 1.36. The first-order chi connectivity index (χ1) is 15.9. The number of nitrogens with one attached hydrogen (secondary N) is 2. The summed E-state index contributed by atoms with van der Waals surface area (Å²) in [6.45, 7) is 2.20. The normalized spacial score (nSPS) is 18.0. The zero-order valence-corrected chi connectivity index (χ0v) is 19.1. The molecule has 0 saturated carbocycles. The van der Waals surface area contributed by atoms with Crippen LogP contribution in [-0.2, 0) is 14.8 Å². The third-order valence-corrected chi connectivity index (χ3v) is 7.82. The second-order valence-electron chi connectivity index (χ2n) is 8.04. The van der Waals surface area contributed by atoms with Crippen molar-refractivity contribution >= 4 is 27.6 Å². The molecule has 176 valence electrons. The van der Waals surface area contributed by atoms with Crippen molar-refractivity contribution in [1.82, 2.24) is 14.5 Å². The minimum atomic E-state index is -3.80. The van der Waals surface area contributed by atoms with Gasteiger partial charge in [0, 0.05) is 37.9 Å². The number of carbonyl (C=O) groups excluding carboxylic acids is 2. The van der Waals surface area contributed by atoms with E-state index in [0.29, 0.717) is 39.1 Å². The smallest absolute Gasteiger partial charge is 0.321 e. The second-order valence-corrected chi connectivity index (χ2v) is 9.95. The van der Waals surface area contributed by atoms with Crippen molar-refractivity contribution in [2.45, 2.75) is 23.8 Å². The molecule has 10 heteroatoms. The van der Waals surface area contributed by atoms with Crippen LogP contribution in [0.25, 0.3) is 0 Å². The van der Waals surface area contributed by atoms with Crippen LogP contribution in [0.2, 0.25) is 0 Å². The summed E-state index contributed by atoms with van der Waals surface area (Å²) in [4.78, 5) is 27.2. The number of likely N-dealkylation sites (tertiary alicyclic amines) is 1. The van der Waals surface area contributed by atoms with E-state index in [1.54, 1.807) is 17.0 Å². The van der Waals surface area contributed by atoms with Crippen LogP contribution in [0.3, 0.4) is 0 Å². The second kappa shape index (κ2) is 10.3. The number of rotatable bonds is 5. The third-order valence-electron chi connectivity index (χ3n) is 5.86. The van der Waals surface area contributed by atoms with Gasteiger partial charge in [0.1, 0.15) is 0 Å². The summed E-state index contributed by atoms with van der Waals surface area (Å²) >= 11 is 0. The lowest BCUT2D eigenvalue weighted by atomic mass is 10.0. The highest BCUT2D eigenvalue weighted by molar-refractivity contribution is 7.89. The SMILES string of the molecule is O=C(NC1CCN(C(=O)Nc2ccccc2)CC1)c1ccccc1S(=O)(=O)N1CCOCC1. The lowest BCUT2D eigenvalue weighted by Crippen LogP contribution is -2.48. The molecule has 3 amide bonds. The number of piperidine rings is 1. The van der Waals surface area contributed by atoms with Crippen molar-refractivity contribution in [2.24, 2.45) is 0 Å². The number of nitrogens with zero attached hydrogens (tertiary/aromatic N) is 2. The maximum atomic E-state index is 13.1. The molecule has 2 aliphatic rings. The predicted octanol–water partition coefficient (Wildman–Crippen LogP) is 2.13. The van der Waals surface area contributed by atoms with E-state index < -0.39 is 15.9 Å². The number of hydrogen-bond donors (Lipinski definition) is 2. The first-order valence-electron chi connectivity index (χ1n) is 11.0. The highest BCUT2D eigenvalue weighted by atomic mass is 32.2. The van der Waals surface area contributed by atoms with E-state index in [4.69, 9.17) is 4.74 Å². The van der Waals surface area contributed by atoms with E-state index >= 15 is 0 Å². The van der Waals surface area contributed by atoms with Crippen LogP contribution in [0.15, 0.2) is 59.5 Å². The average Bonchev–Trinajstić information content (AvgIpc) is 2.85. The highest BCUT2D eigenvalue weighted by Crippen LogP contribution is 2.22. The number of carbonyl (C=O) groups is 2. The molecule has 0 radical (unpaired) electrons. The maximum absolute atomic E-state index is 13.1. The Kier molecular flexibility index (Phi) is 7.26. The summed E-state index contributed by atoms with van der Waals surface area (Å²) in [5.41, 5.74) is 0.865. The Morgan fingerprint density at radius 3 is 2.21 bits per heavy atom. The minimum Gasteiger partial charge on any atom is -0.379 e. The third kappa shape index (κ3) is 5.52. The Bertz CT molecular complexity index is 1080. The number of benzene rings is 2. The van der Waals surface area contributed by atoms with E-state index in [1.807, 2.05) is 30.3 Å². The number of sulfonamides is 1. The standard InChI is InChI=1S/C23H28N4O5S/c28-22(20-8-4-5-9-21(20)33(30,31)27-14-16-32-17-15-27)24-19-10-12-26(13-11-19)23(29)25-18-6-2-1-3-7-18/h1-9,19H,10-17H2,(H,24,28)(H,25,29). The summed E-state index contributed by atoms with van der Waals surface area (Å²) in [6.07, 6.45) is 1.18. The van der Waals surface area contributed by atoms with Crippen LogP contribution in [-0.4, -0.2) is 75.0 Å². The Labute approximate surface area is 193 Å². The number of amides is 3. The van der Waals surface area contributed by atoms with Crippen LogP contribution in [0.5, 0.6) is 0 Å². The molecule has 0 aliphatic carbocycles. The molecular formula is C23H28N4O5S.